The van der Waals surface area contributed by atoms with Gasteiger partial charge in [-0.05, 0) is 25.0 Å². The summed E-state index contributed by atoms with van der Waals surface area (Å²) in [5.41, 5.74) is 0.109. The molecular formula is C17H19N5O4. The van der Waals surface area contributed by atoms with Crippen molar-refractivity contribution in [2.24, 2.45) is 0 Å². The van der Waals surface area contributed by atoms with Gasteiger partial charge in [0.05, 0.1) is 12.6 Å². The molecule has 1 aromatic heterocycles. The van der Waals surface area contributed by atoms with E-state index in [1.165, 1.54) is 9.58 Å². The molecule has 1 N–H and O–H groups in total. The van der Waals surface area contributed by atoms with Crippen molar-refractivity contribution in [2.75, 3.05) is 18.1 Å². The zero-order chi connectivity index (χ0) is 18.1. The molecule has 0 saturated carbocycles. The van der Waals surface area contributed by atoms with E-state index < -0.39 is 11.7 Å². The molecular weight excluding hydrogens is 338 g/mol. The average molecular weight is 357 g/mol. The van der Waals surface area contributed by atoms with Crippen LogP contribution in [0.15, 0.2) is 35.1 Å². The lowest BCUT2D eigenvalue weighted by atomic mass is 10.2. The monoisotopic (exact) mass is 357 g/mol. The predicted molar refractivity (Wildman–Crippen MR) is 91.9 cm³/mol. The van der Waals surface area contributed by atoms with Gasteiger partial charge in [-0.3, -0.25) is 9.69 Å². The lowest BCUT2D eigenvalue weighted by Gasteiger charge is -2.15. The van der Waals surface area contributed by atoms with Crippen LogP contribution in [-0.2, 0) is 22.6 Å². The molecule has 3 heterocycles. The van der Waals surface area contributed by atoms with E-state index >= 15 is 0 Å². The highest BCUT2D eigenvalue weighted by atomic mass is 16.5. The Morgan fingerprint density at radius 1 is 1.27 bits per heavy atom. The van der Waals surface area contributed by atoms with Gasteiger partial charge in [-0.1, -0.05) is 18.2 Å². The molecule has 1 saturated heterocycles. The second kappa shape index (κ2) is 6.75. The number of nitrogens with zero attached hydrogens (tertiary/aromatic N) is 4. The van der Waals surface area contributed by atoms with Crippen molar-refractivity contribution in [1.29, 1.82) is 0 Å². The summed E-state index contributed by atoms with van der Waals surface area (Å²) in [6.07, 6.45) is 1.91. The van der Waals surface area contributed by atoms with Gasteiger partial charge >= 0.3 is 11.7 Å². The van der Waals surface area contributed by atoms with Gasteiger partial charge in [-0.25, -0.2) is 14.3 Å². The van der Waals surface area contributed by atoms with Gasteiger partial charge in [-0.15, -0.1) is 0 Å². The van der Waals surface area contributed by atoms with Crippen molar-refractivity contribution in [3.8, 4) is 0 Å². The molecule has 9 nitrogen and oxygen atoms in total. The van der Waals surface area contributed by atoms with Crippen LogP contribution in [0.2, 0.25) is 0 Å². The van der Waals surface area contributed by atoms with Crippen LogP contribution in [0.3, 0.4) is 0 Å². The number of rotatable bonds is 5. The molecule has 2 aliphatic rings. The zero-order valence-corrected chi connectivity index (χ0v) is 14.1. The maximum absolute atomic E-state index is 12.7. The molecule has 2 aromatic rings. The topological polar surface area (TPSA) is 98.5 Å². The molecule has 0 unspecified atom stereocenters. The number of hydrogen-bond donors (Lipinski definition) is 1. The van der Waals surface area contributed by atoms with Crippen LogP contribution in [0, 0.1) is 0 Å². The molecule has 0 bridgehead atoms. The van der Waals surface area contributed by atoms with E-state index in [-0.39, 0.29) is 25.1 Å². The number of aromatic nitrogens is 3. The summed E-state index contributed by atoms with van der Waals surface area (Å²) < 4.78 is 7.71. The van der Waals surface area contributed by atoms with E-state index in [0.717, 1.165) is 17.5 Å². The largest absolute Gasteiger partial charge is 0.376 e. The molecule has 26 heavy (non-hydrogen) atoms. The van der Waals surface area contributed by atoms with E-state index in [4.69, 9.17) is 4.74 Å². The van der Waals surface area contributed by atoms with Crippen LogP contribution in [0.1, 0.15) is 18.7 Å². The van der Waals surface area contributed by atoms with E-state index in [2.05, 4.69) is 10.3 Å². The lowest BCUT2D eigenvalue weighted by molar-refractivity contribution is -0.122. The smallest absolute Gasteiger partial charge is 0.365 e. The van der Waals surface area contributed by atoms with Crippen molar-refractivity contribution < 1.29 is 14.3 Å². The Kier molecular flexibility index (Phi) is 4.29. The summed E-state index contributed by atoms with van der Waals surface area (Å²) in [5, 5.41) is 2.75. The van der Waals surface area contributed by atoms with Gasteiger partial charge in [0.25, 0.3) is 0 Å². The first-order valence-electron chi connectivity index (χ1n) is 8.57. The number of carbonyl (C=O) groups excluding carboxylic acids is 2. The van der Waals surface area contributed by atoms with Crippen molar-refractivity contribution in [3.63, 3.8) is 0 Å². The van der Waals surface area contributed by atoms with Crippen molar-refractivity contribution in [2.45, 2.75) is 32.0 Å². The van der Waals surface area contributed by atoms with E-state index in [9.17, 15) is 14.4 Å². The quantitative estimate of drug-likeness (QED) is 0.831. The van der Waals surface area contributed by atoms with Gasteiger partial charge < -0.3 is 10.1 Å². The summed E-state index contributed by atoms with van der Waals surface area (Å²) in [5.74, 6) is -0.0213. The summed E-state index contributed by atoms with van der Waals surface area (Å²) in [4.78, 5) is 42.4. The van der Waals surface area contributed by atoms with Crippen LogP contribution in [-0.4, -0.2) is 45.5 Å². The van der Waals surface area contributed by atoms with E-state index in [1.54, 1.807) is 12.1 Å². The van der Waals surface area contributed by atoms with Crippen LogP contribution in [0.25, 0.3) is 0 Å². The van der Waals surface area contributed by atoms with Gasteiger partial charge in [-0.2, -0.15) is 9.67 Å². The standard InChI is InChI=1S/C17H19N5O4/c23-15(18-9-13-7-4-8-26-13)11-21-16(24)19-14-10-20(17(25)22(14)21)12-5-2-1-3-6-12/h1-3,5-6,13H,4,7-11H2,(H,18,23)/t13-/m0/s1. The summed E-state index contributed by atoms with van der Waals surface area (Å²) in [6.45, 7) is 1.05. The number of ether oxygens (including phenoxy) is 1. The third kappa shape index (κ3) is 3.01. The van der Waals surface area contributed by atoms with Gasteiger partial charge in [0.15, 0.2) is 5.82 Å². The Labute approximate surface area is 149 Å². The number of hydrogen-bond acceptors (Lipinski definition) is 5. The van der Waals surface area contributed by atoms with Crippen molar-refractivity contribution in [1.82, 2.24) is 19.7 Å². The van der Waals surface area contributed by atoms with Crippen molar-refractivity contribution in [3.05, 3.63) is 46.6 Å². The summed E-state index contributed by atoms with van der Waals surface area (Å²) in [6, 6.07) is 8.73. The highest BCUT2D eigenvalue weighted by molar-refractivity contribution is 5.95. The maximum Gasteiger partial charge on any atom is 0.365 e. The van der Waals surface area contributed by atoms with E-state index in [0.29, 0.717) is 24.7 Å². The fourth-order valence-electron chi connectivity index (χ4n) is 3.25. The number of anilines is 1. The molecule has 1 aromatic carbocycles. The minimum atomic E-state index is -0.603. The summed E-state index contributed by atoms with van der Waals surface area (Å²) in [7, 11) is 0. The van der Waals surface area contributed by atoms with Crippen LogP contribution >= 0.6 is 0 Å². The molecule has 0 aliphatic carbocycles. The number of benzene rings is 1. The molecule has 136 valence electrons. The normalized spacial score (nSPS) is 19.0. The lowest BCUT2D eigenvalue weighted by Crippen LogP contribution is -2.40. The number of nitrogens with one attached hydrogen (secondary N) is 1. The maximum atomic E-state index is 12.7. The second-order valence-electron chi connectivity index (χ2n) is 6.32. The third-order valence-electron chi connectivity index (χ3n) is 4.56. The molecule has 2 amide bonds. The molecule has 4 rings (SSSR count). The number of amides is 2. The molecule has 0 spiro atoms. The Bertz CT molecular complexity index is 882. The molecule has 2 aliphatic heterocycles. The Hall–Kier alpha value is -2.94. The fourth-order valence-corrected chi connectivity index (χ4v) is 3.25. The minimum Gasteiger partial charge on any atom is -0.376 e. The third-order valence-corrected chi connectivity index (χ3v) is 4.56. The van der Waals surface area contributed by atoms with Crippen LogP contribution in [0.4, 0.5) is 10.5 Å². The minimum absolute atomic E-state index is 0.0158. The molecule has 1 fully saturated rings. The first-order chi connectivity index (χ1) is 12.6. The summed E-state index contributed by atoms with van der Waals surface area (Å²) >= 11 is 0. The Morgan fingerprint density at radius 3 is 2.81 bits per heavy atom. The Morgan fingerprint density at radius 2 is 2.08 bits per heavy atom. The highest BCUT2D eigenvalue weighted by Gasteiger charge is 2.33. The first kappa shape index (κ1) is 16.5. The van der Waals surface area contributed by atoms with Gasteiger partial charge in [0.2, 0.25) is 5.91 Å². The zero-order valence-electron chi connectivity index (χ0n) is 14.1. The second-order valence-corrected chi connectivity index (χ2v) is 6.32. The SMILES string of the molecule is O=C(Cn1c(=O)nc2n1C(=O)N(c1ccccc1)C2)NC[C@@H]1CCCO1. The first-order valence-corrected chi connectivity index (χ1v) is 8.57. The molecule has 9 heteroatoms. The number of fused-ring (bicyclic) bond motifs is 1. The Balaban J connectivity index is 1.48. The van der Waals surface area contributed by atoms with Crippen LogP contribution in [0.5, 0.6) is 0 Å². The fraction of sp³-hybridized carbons (Fsp3) is 0.412. The highest BCUT2D eigenvalue weighted by Crippen LogP contribution is 2.22. The molecule has 1 atom stereocenters. The van der Waals surface area contributed by atoms with E-state index in [1.807, 2.05) is 18.2 Å². The number of carbonyl (C=O) groups is 2. The molecule has 0 radical (unpaired) electrons. The van der Waals surface area contributed by atoms with Crippen LogP contribution < -0.4 is 15.9 Å². The van der Waals surface area contributed by atoms with Gasteiger partial charge in [0, 0.05) is 18.8 Å². The predicted octanol–water partition coefficient (Wildman–Crippen LogP) is 0.328. The number of para-hydroxylation sites is 1. The van der Waals surface area contributed by atoms with Gasteiger partial charge in [0.1, 0.15) is 6.54 Å². The van der Waals surface area contributed by atoms with Crippen molar-refractivity contribution >= 4 is 17.6 Å². The average Bonchev–Trinajstić information content (AvgIpc) is 3.34.